The number of nitrogens with two attached hydrogens (primary N) is 1. The molecule has 1 aliphatic rings. The third-order valence-electron chi connectivity index (χ3n) is 2.64. The third-order valence-corrected chi connectivity index (χ3v) is 3.16. The first kappa shape index (κ1) is 9.46. The molecule has 0 aromatic carbocycles. The van der Waals surface area contributed by atoms with Crippen LogP contribution in [0.15, 0.2) is 18.3 Å². The van der Waals surface area contributed by atoms with E-state index < -0.39 is 5.91 Å². The van der Waals surface area contributed by atoms with Crippen molar-refractivity contribution in [3.05, 3.63) is 29.6 Å². The Morgan fingerprint density at radius 3 is 2.64 bits per heavy atom. The fraction of sp³-hybridized carbons (Fsp3) is 0.400. The summed E-state index contributed by atoms with van der Waals surface area (Å²) in [6, 6.07) is 3.53. The van der Waals surface area contributed by atoms with Crippen LogP contribution in [-0.2, 0) is 0 Å². The molecule has 1 aliphatic carbocycles. The molecule has 1 heterocycles. The number of amides is 1. The lowest BCUT2D eigenvalue weighted by Crippen LogP contribution is -2.25. The molecule has 1 aromatic heterocycles. The zero-order valence-corrected chi connectivity index (χ0v) is 8.37. The van der Waals surface area contributed by atoms with Gasteiger partial charge < -0.3 is 5.73 Å². The Balaban J connectivity index is 2.17. The number of rotatable bonds is 2. The molecule has 0 radical (unpaired) electrons. The molecule has 1 saturated carbocycles. The lowest BCUT2D eigenvalue weighted by molar-refractivity contribution is 0.1000. The number of carbonyl (C=O) groups excluding carboxylic acids is 1. The number of hydrogen-bond acceptors (Lipinski definition) is 2. The minimum atomic E-state index is -0.444. The molecular weight excluding hydrogens is 200 g/mol. The number of aromatic nitrogens is 1. The van der Waals surface area contributed by atoms with Crippen molar-refractivity contribution in [1.82, 2.24) is 4.98 Å². The first-order valence-corrected chi connectivity index (χ1v) is 5.02. The van der Waals surface area contributed by atoms with E-state index in [1.54, 1.807) is 6.07 Å². The Labute approximate surface area is 87.3 Å². The van der Waals surface area contributed by atoms with Crippen LogP contribution in [0.1, 0.15) is 34.8 Å². The van der Waals surface area contributed by atoms with E-state index in [9.17, 15) is 4.79 Å². The average molecular weight is 211 g/mol. The van der Waals surface area contributed by atoms with Crippen LogP contribution in [0.5, 0.6) is 0 Å². The molecule has 2 rings (SSSR count). The zero-order chi connectivity index (χ0) is 10.1. The van der Waals surface area contributed by atoms with Crippen LogP contribution >= 0.6 is 11.6 Å². The quantitative estimate of drug-likeness (QED) is 0.755. The van der Waals surface area contributed by atoms with Crippen LogP contribution in [0, 0.1) is 0 Å². The van der Waals surface area contributed by atoms with Crippen LogP contribution in [0.2, 0.25) is 0 Å². The largest absolute Gasteiger partial charge is 0.366 e. The topological polar surface area (TPSA) is 56.0 Å². The molecule has 74 valence electrons. The minimum Gasteiger partial charge on any atom is -0.366 e. The van der Waals surface area contributed by atoms with Crippen molar-refractivity contribution in [2.24, 2.45) is 5.73 Å². The summed E-state index contributed by atoms with van der Waals surface area (Å²) in [7, 11) is 0. The summed E-state index contributed by atoms with van der Waals surface area (Å²) in [5, 5.41) is 0.196. The van der Waals surface area contributed by atoms with Crippen molar-refractivity contribution >= 4 is 17.5 Å². The molecule has 0 bridgehead atoms. The maximum Gasteiger partial charge on any atom is 0.250 e. The van der Waals surface area contributed by atoms with Gasteiger partial charge in [0, 0.05) is 23.2 Å². The van der Waals surface area contributed by atoms with Gasteiger partial charge in [-0.2, -0.15) is 0 Å². The lowest BCUT2D eigenvalue weighted by Gasteiger charge is -2.31. The molecule has 0 spiro atoms. The normalized spacial score (nSPS) is 25.5. The van der Waals surface area contributed by atoms with Crippen molar-refractivity contribution in [1.29, 1.82) is 0 Å². The fourth-order valence-electron chi connectivity index (χ4n) is 1.56. The van der Waals surface area contributed by atoms with Crippen LogP contribution in [0.4, 0.5) is 0 Å². The van der Waals surface area contributed by atoms with Gasteiger partial charge in [0.05, 0.1) is 5.56 Å². The van der Waals surface area contributed by atoms with E-state index in [1.807, 2.05) is 6.07 Å². The molecule has 0 saturated heterocycles. The van der Waals surface area contributed by atoms with E-state index in [0.717, 1.165) is 18.5 Å². The molecule has 2 atom stereocenters. The van der Waals surface area contributed by atoms with Crippen molar-refractivity contribution in [2.45, 2.75) is 24.1 Å². The second-order valence-electron chi connectivity index (χ2n) is 3.54. The maximum atomic E-state index is 10.8. The standard InChI is InChI=1S/C10H11ClN2O/c11-8-3-2-7(8)9-4-1-6(5-13-9)10(12)14/h1,4-5,7-8H,2-3H2,(H2,12,14). The monoisotopic (exact) mass is 210 g/mol. The summed E-state index contributed by atoms with van der Waals surface area (Å²) in [5.41, 5.74) is 6.51. The van der Waals surface area contributed by atoms with Crippen LogP contribution < -0.4 is 5.73 Å². The van der Waals surface area contributed by atoms with Gasteiger partial charge in [0.2, 0.25) is 5.91 Å². The Bertz CT molecular complexity index is 350. The lowest BCUT2D eigenvalue weighted by atomic mass is 9.82. The van der Waals surface area contributed by atoms with E-state index in [1.165, 1.54) is 6.20 Å². The average Bonchev–Trinajstić information content (AvgIpc) is 2.16. The summed E-state index contributed by atoms with van der Waals surface area (Å²) < 4.78 is 0. The number of nitrogens with zero attached hydrogens (tertiary/aromatic N) is 1. The summed E-state index contributed by atoms with van der Waals surface area (Å²) in [6.07, 6.45) is 3.64. The Hall–Kier alpha value is -1.09. The highest BCUT2D eigenvalue weighted by Gasteiger charge is 2.31. The summed E-state index contributed by atoms with van der Waals surface area (Å²) in [4.78, 5) is 15.0. The highest BCUT2D eigenvalue weighted by Crippen LogP contribution is 2.39. The third kappa shape index (κ3) is 1.60. The Morgan fingerprint density at radius 2 is 2.29 bits per heavy atom. The van der Waals surface area contributed by atoms with Crippen molar-refractivity contribution in [2.75, 3.05) is 0 Å². The van der Waals surface area contributed by atoms with Gasteiger partial charge in [-0.25, -0.2) is 0 Å². The van der Waals surface area contributed by atoms with E-state index in [-0.39, 0.29) is 5.38 Å². The molecular formula is C10H11ClN2O. The highest BCUT2D eigenvalue weighted by atomic mass is 35.5. The summed E-state index contributed by atoms with van der Waals surface area (Å²) in [6.45, 7) is 0. The van der Waals surface area contributed by atoms with Crippen LogP contribution in [0.25, 0.3) is 0 Å². The van der Waals surface area contributed by atoms with Gasteiger partial charge in [-0.05, 0) is 25.0 Å². The molecule has 1 amide bonds. The molecule has 2 unspecified atom stereocenters. The van der Waals surface area contributed by atoms with Gasteiger partial charge in [0.25, 0.3) is 0 Å². The van der Waals surface area contributed by atoms with E-state index in [4.69, 9.17) is 17.3 Å². The van der Waals surface area contributed by atoms with Crippen LogP contribution in [-0.4, -0.2) is 16.3 Å². The number of carbonyl (C=O) groups is 1. The molecule has 2 N–H and O–H groups in total. The van der Waals surface area contributed by atoms with Gasteiger partial charge in [-0.1, -0.05) is 0 Å². The van der Waals surface area contributed by atoms with Gasteiger partial charge in [0.15, 0.2) is 0 Å². The number of halogens is 1. The predicted octanol–water partition coefficient (Wildman–Crippen LogP) is 1.67. The SMILES string of the molecule is NC(=O)c1ccc(C2CCC2Cl)nc1. The highest BCUT2D eigenvalue weighted by molar-refractivity contribution is 6.21. The van der Waals surface area contributed by atoms with Crippen molar-refractivity contribution in [3.8, 4) is 0 Å². The molecule has 1 aromatic rings. The van der Waals surface area contributed by atoms with Gasteiger partial charge in [-0.3, -0.25) is 9.78 Å². The molecule has 1 fully saturated rings. The zero-order valence-electron chi connectivity index (χ0n) is 7.61. The summed E-state index contributed by atoms with van der Waals surface area (Å²) >= 11 is 6.02. The number of pyridine rings is 1. The van der Waals surface area contributed by atoms with Crippen molar-refractivity contribution in [3.63, 3.8) is 0 Å². The van der Waals surface area contributed by atoms with Gasteiger partial charge in [0.1, 0.15) is 0 Å². The first-order valence-electron chi connectivity index (χ1n) is 4.58. The predicted molar refractivity (Wildman–Crippen MR) is 54.4 cm³/mol. The Morgan fingerprint density at radius 1 is 1.50 bits per heavy atom. The van der Waals surface area contributed by atoms with E-state index >= 15 is 0 Å². The second kappa shape index (κ2) is 3.58. The number of primary amides is 1. The molecule has 4 heteroatoms. The molecule has 3 nitrogen and oxygen atoms in total. The maximum absolute atomic E-state index is 10.8. The van der Waals surface area contributed by atoms with Crippen molar-refractivity contribution < 1.29 is 4.79 Å². The van der Waals surface area contributed by atoms with E-state index in [0.29, 0.717) is 11.5 Å². The fourth-order valence-corrected chi connectivity index (χ4v) is 1.94. The smallest absolute Gasteiger partial charge is 0.250 e. The first-order chi connectivity index (χ1) is 6.68. The molecule has 14 heavy (non-hydrogen) atoms. The van der Waals surface area contributed by atoms with Gasteiger partial charge >= 0.3 is 0 Å². The number of hydrogen-bond donors (Lipinski definition) is 1. The second-order valence-corrected chi connectivity index (χ2v) is 4.10. The van der Waals surface area contributed by atoms with Crippen LogP contribution in [0.3, 0.4) is 0 Å². The van der Waals surface area contributed by atoms with E-state index in [2.05, 4.69) is 4.98 Å². The minimum absolute atomic E-state index is 0.196. The Kier molecular flexibility index (Phi) is 2.42. The molecule has 0 aliphatic heterocycles. The van der Waals surface area contributed by atoms with Gasteiger partial charge in [-0.15, -0.1) is 11.6 Å². The summed E-state index contributed by atoms with van der Waals surface area (Å²) in [5.74, 6) is -0.0984. The number of alkyl halides is 1.